The summed E-state index contributed by atoms with van der Waals surface area (Å²) in [4.78, 5) is 37.7. The minimum atomic E-state index is -0.502. The molecule has 0 saturated heterocycles. The third-order valence-electron chi connectivity index (χ3n) is 5.23. The first kappa shape index (κ1) is 22.6. The minimum Gasteiger partial charge on any atom is -0.464 e. The molecule has 0 aliphatic heterocycles. The Morgan fingerprint density at radius 1 is 1.00 bits per heavy atom. The van der Waals surface area contributed by atoms with Crippen LogP contribution in [0.25, 0.3) is 17.0 Å². The number of nitro groups is 1. The van der Waals surface area contributed by atoms with Crippen molar-refractivity contribution in [1.82, 2.24) is 4.90 Å². The van der Waals surface area contributed by atoms with E-state index in [0.717, 1.165) is 0 Å². The summed E-state index contributed by atoms with van der Waals surface area (Å²) < 4.78 is 18.9. The molecule has 4 rings (SSSR count). The summed E-state index contributed by atoms with van der Waals surface area (Å²) in [6.45, 7) is 0.115. The molecule has 0 spiro atoms. The third-order valence-corrected chi connectivity index (χ3v) is 5.23. The first-order valence-corrected chi connectivity index (χ1v) is 10.4. The lowest BCUT2D eigenvalue weighted by Gasteiger charge is -2.21. The summed E-state index contributed by atoms with van der Waals surface area (Å²) in [6, 6.07) is 18.3. The first-order chi connectivity index (χ1) is 16.4. The molecule has 0 radical (unpaired) electrons. The molecule has 8 heteroatoms. The largest absolute Gasteiger partial charge is 0.464 e. The van der Waals surface area contributed by atoms with Crippen LogP contribution in [-0.4, -0.2) is 15.7 Å². The van der Waals surface area contributed by atoms with E-state index in [1.807, 2.05) is 0 Å². The maximum absolute atomic E-state index is 13.3. The molecule has 0 bridgehead atoms. The molecule has 1 amide bonds. The first-order valence-electron chi connectivity index (χ1n) is 10.4. The number of carbonyl (C=O) groups is 1. The molecule has 0 fully saturated rings. The average Bonchev–Trinajstić information content (AvgIpc) is 2.85. The van der Waals surface area contributed by atoms with Gasteiger partial charge in [-0.3, -0.25) is 19.7 Å². The van der Waals surface area contributed by atoms with Gasteiger partial charge in [-0.15, -0.1) is 0 Å². The van der Waals surface area contributed by atoms with Crippen LogP contribution in [-0.2, 0) is 17.9 Å². The van der Waals surface area contributed by atoms with Crippen molar-refractivity contribution in [2.75, 3.05) is 0 Å². The zero-order valence-corrected chi connectivity index (χ0v) is 17.9. The Kier molecular flexibility index (Phi) is 6.59. The van der Waals surface area contributed by atoms with Gasteiger partial charge in [0, 0.05) is 24.8 Å². The highest BCUT2D eigenvalue weighted by atomic mass is 19.1. The van der Waals surface area contributed by atoms with Gasteiger partial charge < -0.3 is 9.32 Å². The second-order valence-corrected chi connectivity index (χ2v) is 7.59. The van der Waals surface area contributed by atoms with E-state index in [1.54, 1.807) is 36.4 Å². The number of para-hydroxylation sites is 1. The van der Waals surface area contributed by atoms with Gasteiger partial charge in [-0.2, -0.15) is 0 Å². The maximum atomic E-state index is 13.3. The average molecular weight is 458 g/mol. The fourth-order valence-corrected chi connectivity index (χ4v) is 3.43. The highest BCUT2D eigenvalue weighted by Crippen LogP contribution is 2.16. The molecule has 0 unspecified atom stereocenters. The lowest BCUT2D eigenvalue weighted by atomic mass is 10.1. The number of halogens is 1. The zero-order chi connectivity index (χ0) is 24.1. The van der Waals surface area contributed by atoms with E-state index in [2.05, 4.69) is 0 Å². The highest BCUT2D eigenvalue weighted by molar-refractivity contribution is 5.91. The summed E-state index contributed by atoms with van der Waals surface area (Å²) in [6.07, 6.45) is 4.20. The van der Waals surface area contributed by atoms with E-state index in [4.69, 9.17) is 4.42 Å². The van der Waals surface area contributed by atoms with E-state index in [-0.39, 0.29) is 24.2 Å². The second kappa shape index (κ2) is 9.91. The SMILES string of the molecule is O=C(/C=C/c1ccc([N+](=O)[O-])cc1)N(Cc1ccc(F)cc1)Cc1coc2ccccc2c1=O. The molecule has 0 atom stereocenters. The topological polar surface area (TPSA) is 93.7 Å². The number of carbonyl (C=O) groups excluding carboxylic acids is 1. The molecule has 0 aliphatic carbocycles. The van der Waals surface area contributed by atoms with Crippen LogP contribution in [0.4, 0.5) is 10.1 Å². The van der Waals surface area contributed by atoms with Gasteiger partial charge >= 0.3 is 0 Å². The number of nitro benzene ring substituents is 1. The quantitative estimate of drug-likeness (QED) is 0.219. The zero-order valence-electron chi connectivity index (χ0n) is 17.9. The van der Waals surface area contributed by atoms with Crippen molar-refractivity contribution < 1.29 is 18.5 Å². The summed E-state index contributed by atoms with van der Waals surface area (Å²) >= 11 is 0. The smallest absolute Gasteiger partial charge is 0.269 e. The van der Waals surface area contributed by atoms with Crippen LogP contribution in [0.1, 0.15) is 16.7 Å². The number of hydrogen-bond donors (Lipinski definition) is 0. The fraction of sp³-hybridized carbons (Fsp3) is 0.0769. The predicted molar refractivity (Wildman–Crippen MR) is 125 cm³/mol. The number of fused-ring (bicyclic) bond motifs is 1. The molecule has 3 aromatic carbocycles. The maximum Gasteiger partial charge on any atom is 0.269 e. The van der Waals surface area contributed by atoms with E-state index in [9.17, 15) is 24.1 Å². The van der Waals surface area contributed by atoms with Crippen LogP contribution in [0.5, 0.6) is 0 Å². The standard InChI is InChI=1S/C26H19FN2O5/c27-21-10-5-19(6-11-21)15-28(16-20-17-34-24-4-2-1-3-23(24)26(20)31)25(30)14-9-18-7-12-22(13-8-18)29(32)33/h1-14,17H,15-16H2/b14-9+. The Morgan fingerprint density at radius 2 is 1.71 bits per heavy atom. The van der Waals surface area contributed by atoms with Crippen molar-refractivity contribution in [1.29, 1.82) is 0 Å². The molecule has 4 aromatic rings. The predicted octanol–water partition coefficient (Wildman–Crippen LogP) is 5.08. The van der Waals surface area contributed by atoms with Crippen LogP contribution in [0.3, 0.4) is 0 Å². The van der Waals surface area contributed by atoms with E-state index in [0.29, 0.717) is 27.7 Å². The second-order valence-electron chi connectivity index (χ2n) is 7.59. The summed E-state index contributed by atoms with van der Waals surface area (Å²) in [5, 5.41) is 11.2. The van der Waals surface area contributed by atoms with E-state index in [1.165, 1.54) is 59.7 Å². The molecule has 1 heterocycles. The minimum absolute atomic E-state index is 0.0199. The summed E-state index contributed by atoms with van der Waals surface area (Å²) in [5.41, 5.74) is 1.75. The Labute approximate surface area is 193 Å². The van der Waals surface area contributed by atoms with Gasteiger partial charge in [-0.25, -0.2) is 4.39 Å². The molecule has 0 saturated carbocycles. The van der Waals surface area contributed by atoms with E-state index < -0.39 is 16.6 Å². The molecule has 7 nitrogen and oxygen atoms in total. The number of nitrogens with zero attached hydrogens (tertiary/aromatic N) is 2. The molecule has 0 aliphatic rings. The summed E-state index contributed by atoms with van der Waals surface area (Å²) in [5.74, 6) is -0.787. The van der Waals surface area contributed by atoms with E-state index >= 15 is 0 Å². The van der Waals surface area contributed by atoms with Gasteiger partial charge in [-0.05, 0) is 53.6 Å². The molecular formula is C26H19FN2O5. The van der Waals surface area contributed by atoms with Crippen LogP contribution in [0, 0.1) is 15.9 Å². The fourth-order valence-electron chi connectivity index (χ4n) is 3.43. The lowest BCUT2D eigenvalue weighted by molar-refractivity contribution is -0.384. The van der Waals surface area contributed by atoms with Gasteiger partial charge in [0.2, 0.25) is 5.91 Å². The Morgan fingerprint density at radius 3 is 2.41 bits per heavy atom. The number of benzene rings is 3. The van der Waals surface area contributed by atoms with Crippen molar-refractivity contribution in [3.63, 3.8) is 0 Å². The van der Waals surface area contributed by atoms with Gasteiger partial charge in [0.1, 0.15) is 11.4 Å². The van der Waals surface area contributed by atoms with Gasteiger partial charge in [0.25, 0.3) is 5.69 Å². The molecule has 34 heavy (non-hydrogen) atoms. The Bertz CT molecular complexity index is 1430. The molecule has 0 N–H and O–H groups in total. The number of amides is 1. The molecular weight excluding hydrogens is 439 g/mol. The van der Waals surface area contributed by atoms with Gasteiger partial charge in [-0.1, -0.05) is 24.3 Å². The Hall–Kier alpha value is -4.59. The van der Waals surface area contributed by atoms with Crippen LogP contribution in [0.2, 0.25) is 0 Å². The Balaban J connectivity index is 1.61. The van der Waals surface area contributed by atoms with Crippen LogP contribution >= 0.6 is 0 Å². The monoisotopic (exact) mass is 458 g/mol. The summed E-state index contributed by atoms with van der Waals surface area (Å²) in [7, 11) is 0. The normalized spacial score (nSPS) is 11.1. The van der Waals surface area contributed by atoms with Crippen molar-refractivity contribution in [2.24, 2.45) is 0 Å². The molecule has 170 valence electrons. The number of rotatable bonds is 7. The highest BCUT2D eigenvalue weighted by Gasteiger charge is 2.16. The molecule has 1 aromatic heterocycles. The number of hydrogen-bond acceptors (Lipinski definition) is 5. The third kappa shape index (κ3) is 5.24. The van der Waals surface area contributed by atoms with Crippen molar-refractivity contribution in [2.45, 2.75) is 13.1 Å². The van der Waals surface area contributed by atoms with Crippen LogP contribution < -0.4 is 5.43 Å². The van der Waals surface area contributed by atoms with Crippen molar-refractivity contribution in [3.8, 4) is 0 Å². The van der Waals surface area contributed by atoms with Crippen LogP contribution in [0.15, 0.2) is 94.3 Å². The van der Waals surface area contributed by atoms with Crippen molar-refractivity contribution >= 4 is 28.6 Å². The van der Waals surface area contributed by atoms with Crippen molar-refractivity contribution in [3.05, 3.63) is 128 Å². The van der Waals surface area contributed by atoms with Gasteiger partial charge in [0.05, 0.1) is 28.7 Å². The number of non-ortho nitro benzene ring substituents is 1. The van der Waals surface area contributed by atoms with Gasteiger partial charge in [0.15, 0.2) is 5.43 Å². The lowest BCUT2D eigenvalue weighted by Crippen LogP contribution is -2.30.